The highest BCUT2D eigenvalue weighted by Gasteiger charge is 2.63. The Balaban J connectivity index is 1.13. The van der Waals surface area contributed by atoms with Crippen molar-refractivity contribution in [2.24, 2.45) is 5.92 Å². The second kappa shape index (κ2) is 16.7. The SMILES string of the molecule is COc1ccc2c(O[C@@H]3C[C@H]4C(=O)N[C@]5(C(=O)NS(=O)(=O)C6(C)CC6)C[C@@H]5/C=C\CCCCC[C@H](Nc5ccccc5)C(=O)N4C3)cc(-c3csc(NC(C)C)n3)nc2c1. The number of sulfonamides is 1. The number of amides is 3. The number of benzene rings is 2. The molecule has 4 heterocycles. The highest BCUT2D eigenvalue weighted by molar-refractivity contribution is 7.91. The first-order valence-corrected chi connectivity index (χ1v) is 23.2. The maximum Gasteiger partial charge on any atom is 0.259 e. The van der Waals surface area contributed by atoms with E-state index in [4.69, 9.17) is 19.4 Å². The molecule has 60 heavy (non-hydrogen) atoms. The van der Waals surface area contributed by atoms with Gasteiger partial charge in [0.25, 0.3) is 5.91 Å². The van der Waals surface area contributed by atoms with E-state index in [1.807, 2.05) is 86.0 Å². The van der Waals surface area contributed by atoms with Crippen LogP contribution in [0, 0.1) is 5.92 Å². The third-order valence-electron chi connectivity index (χ3n) is 12.0. The molecule has 16 heteroatoms. The maximum atomic E-state index is 14.8. The van der Waals surface area contributed by atoms with Gasteiger partial charge in [-0.2, -0.15) is 0 Å². The van der Waals surface area contributed by atoms with Gasteiger partial charge in [0.1, 0.15) is 40.9 Å². The lowest BCUT2D eigenvalue weighted by molar-refractivity contribution is -0.140. The Morgan fingerprint density at radius 2 is 1.83 bits per heavy atom. The Bertz CT molecular complexity index is 2400. The number of para-hydroxylation sites is 1. The summed E-state index contributed by atoms with van der Waals surface area (Å²) in [5.74, 6) is -0.831. The van der Waals surface area contributed by atoms with Crippen molar-refractivity contribution in [1.82, 2.24) is 24.9 Å². The summed E-state index contributed by atoms with van der Waals surface area (Å²) in [7, 11) is -2.38. The fourth-order valence-corrected chi connectivity index (χ4v) is 10.3. The molecule has 2 aliphatic carbocycles. The first-order valence-electron chi connectivity index (χ1n) is 20.8. The van der Waals surface area contributed by atoms with Gasteiger partial charge in [0, 0.05) is 47.0 Å². The summed E-state index contributed by atoms with van der Waals surface area (Å²) in [6.07, 6.45) is 8.40. The lowest BCUT2D eigenvalue weighted by Gasteiger charge is -2.30. The Kier molecular flexibility index (Phi) is 11.5. The first-order chi connectivity index (χ1) is 28.8. The number of hydrogen-bond acceptors (Lipinski definition) is 12. The van der Waals surface area contributed by atoms with Crippen LogP contribution in [0.1, 0.15) is 78.6 Å². The number of nitrogens with zero attached hydrogens (tertiary/aromatic N) is 3. The van der Waals surface area contributed by atoms with Crippen molar-refractivity contribution in [3.05, 3.63) is 72.1 Å². The zero-order chi connectivity index (χ0) is 42.2. The van der Waals surface area contributed by atoms with Gasteiger partial charge in [0.15, 0.2) is 5.13 Å². The molecule has 0 unspecified atom stereocenters. The molecule has 2 aromatic heterocycles. The molecular formula is C44H53N7O7S2. The van der Waals surface area contributed by atoms with Gasteiger partial charge in [-0.25, -0.2) is 18.4 Å². The predicted molar refractivity (Wildman–Crippen MR) is 232 cm³/mol. The van der Waals surface area contributed by atoms with Gasteiger partial charge in [0.2, 0.25) is 21.8 Å². The number of aromatic nitrogens is 2. The molecule has 0 bridgehead atoms. The molecule has 3 fully saturated rings. The molecule has 8 rings (SSSR count). The molecule has 0 spiro atoms. The standard InChI is InChI=1S/C44H53N7O7S2/c1-27(2)45-42-48-36(26-59-42)35-23-38(32-18-17-30(57-4)21-34(32)47-35)58-31-22-37-39(52)49-44(41(54)50-60(55,56)43(3)19-20-43)24-28(44)13-9-6-5-7-12-16-33(40(53)51(37)25-31)46-29-14-10-8-11-15-29/h8-11,13-15,17-18,21,23,26-28,31,33,37,46H,5-7,12,16,19-20,22,24-25H2,1-4H3,(H,45,48)(H,49,52)(H,50,54)/b13-9-/t28-,31+,33-,37-,44+/m0/s1. The molecule has 4 aromatic rings. The minimum Gasteiger partial charge on any atom is -0.497 e. The summed E-state index contributed by atoms with van der Waals surface area (Å²) in [6.45, 7) is 5.80. The molecule has 5 atom stereocenters. The summed E-state index contributed by atoms with van der Waals surface area (Å²) >= 11 is 1.48. The number of nitrogens with one attached hydrogen (secondary N) is 4. The second-order valence-corrected chi connectivity index (χ2v) is 20.0. The van der Waals surface area contributed by atoms with E-state index in [9.17, 15) is 22.8 Å². The summed E-state index contributed by atoms with van der Waals surface area (Å²) in [6, 6.07) is 15.4. The Morgan fingerprint density at radius 3 is 2.58 bits per heavy atom. The highest BCUT2D eigenvalue weighted by atomic mass is 32.2. The normalized spacial score (nSPS) is 25.9. The monoisotopic (exact) mass is 855 g/mol. The minimum atomic E-state index is -3.98. The number of thiazole rings is 1. The average Bonchev–Trinajstić information content (AvgIpc) is 4.02. The quantitative estimate of drug-likeness (QED) is 0.123. The van der Waals surface area contributed by atoms with Gasteiger partial charge >= 0.3 is 0 Å². The van der Waals surface area contributed by atoms with Crippen LogP contribution < -0.4 is 30.1 Å². The molecule has 2 aromatic carbocycles. The van der Waals surface area contributed by atoms with E-state index in [1.165, 1.54) is 11.3 Å². The number of methoxy groups -OCH3 is 1. The summed E-state index contributed by atoms with van der Waals surface area (Å²) in [5, 5.41) is 13.2. The number of carbonyl (C=O) groups is 3. The topological polar surface area (TPSA) is 181 Å². The number of allylic oxidation sites excluding steroid dienone is 1. The zero-order valence-electron chi connectivity index (χ0n) is 34.4. The number of hydrogen-bond donors (Lipinski definition) is 4. The van der Waals surface area contributed by atoms with Crippen molar-refractivity contribution in [1.29, 1.82) is 0 Å². The molecule has 2 saturated carbocycles. The van der Waals surface area contributed by atoms with E-state index < -0.39 is 56.2 Å². The van der Waals surface area contributed by atoms with E-state index >= 15 is 0 Å². The molecule has 0 radical (unpaired) electrons. The van der Waals surface area contributed by atoms with Crippen molar-refractivity contribution in [2.45, 2.75) is 113 Å². The molecule has 318 valence electrons. The fraction of sp³-hybridized carbons (Fsp3) is 0.477. The molecule has 1 saturated heterocycles. The summed E-state index contributed by atoms with van der Waals surface area (Å²) in [5.41, 5.74) is 1.18. The van der Waals surface area contributed by atoms with Gasteiger partial charge in [-0.3, -0.25) is 19.1 Å². The van der Waals surface area contributed by atoms with Crippen LogP contribution in [-0.4, -0.2) is 89.2 Å². The fourth-order valence-electron chi connectivity index (χ4n) is 8.10. The Morgan fingerprint density at radius 1 is 1.03 bits per heavy atom. The molecule has 3 amide bonds. The Labute approximate surface area is 355 Å². The predicted octanol–water partition coefficient (Wildman–Crippen LogP) is 6.41. The van der Waals surface area contributed by atoms with Crippen molar-refractivity contribution in [2.75, 3.05) is 24.3 Å². The smallest absolute Gasteiger partial charge is 0.259 e. The zero-order valence-corrected chi connectivity index (χ0v) is 36.0. The lowest BCUT2D eigenvalue weighted by Crippen LogP contribution is -2.58. The van der Waals surface area contributed by atoms with Crippen molar-refractivity contribution >= 4 is 60.8 Å². The molecule has 2 aliphatic heterocycles. The number of anilines is 2. The van der Waals surface area contributed by atoms with Crippen molar-refractivity contribution < 1.29 is 32.3 Å². The molecular weight excluding hydrogens is 803 g/mol. The first kappa shape index (κ1) is 41.5. The van der Waals surface area contributed by atoms with Crippen LogP contribution in [0.2, 0.25) is 0 Å². The average molecular weight is 856 g/mol. The van der Waals surface area contributed by atoms with Crippen molar-refractivity contribution in [3.63, 3.8) is 0 Å². The number of pyridine rings is 1. The van der Waals surface area contributed by atoms with Gasteiger partial charge in [-0.05, 0) is 83.6 Å². The van der Waals surface area contributed by atoms with Crippen molar-refractivity contribution in [3.8, 4) is 22.9 Å². The molecule has 4 N–H and O–H groups in total. The van der Waals surface area contributed by atoms with Crippen LogP contribution in [0.4, 0.5) is 10.8 Å². The van der Waals surface area contributed by atoms with Gasteiger partial charge in [-0.1, -0.05) is 43.2 Å². The van der Waals surface area contributed by atoms with E-state index in [1.54, 1.807) is 18.9 Å². The third kappa shape index (κ3) is 8.67. The van der Waals surface area contributed by atoms with E-state index in [-0.39, 0.29) is 31.3 Å². The van der Waals surface area contributed by atoms with Crippen LogP contribution in [0.15, 0.2) is 72.1 Å². The largest absolute Gasteiger partial charge is 0.497 e. The number of carbonyl (C=O) groups excluding carboxylic acids is 3. The van der Waals surface area contributed by atoms with E-state index in [0.29, 0.717) is 53.1 Å². The summed E-state index contributed by atoms with van der Waals surface area (Å²) < 4.78 is 40.2. The second-order valence-electron chi connectivity index (χ2n) is 17.0. The van der Waals surface area contributed by atoms with E-state index in [0.717, 1.165) is 36.5 Å². The van der Waals surface area contributed by atoms with Crippen LogP contribution in [0.3, 0.4) is 0 Å². The lowest BCUT2D eigenvalue weighted by atomic mass is 10.0. The van der Waals surface area contributed by atoms with Crippen LogP contribution in [-0.2, 0) is 24.4 Å². The maximum absolute atomic E-state index is 14.8. The van der Waals surface area contributed by atoms with Gasteiger partial charge in [0.05, 0.1) is 29.6 Å². The minimum absolute atomic E-state index is 0.0909. The van der Waals surface area contributed by atoms with Crippen LogP contribution in [0.5, 0.6) is 11.5 Å². The summed E-state index contributed by atoms with van der Waals surface area (Å²) in [4.78, 5) is 54.8. The highest BCUT2D eigenvalue weighted by Crippen LogP contribution is 2.48. The van der Waals surface area contributed by atoms with Crippen LogP contribution >= 0.6 is 11.3 Å². The van der Waals surface area contributed by atoms with Gasteiger partial charge in [-0.15, -0.1) is 11.3 Å². The Hall–Kier alpha value is -5.22. The van der Waals surface area contributed by atoms with Gasteiger partial charge < -0.3 is 30.3 Å². The van der Waals surface area contributed by atoms with Crippen LogP contribution in [0.25, 0.3) is 22.3 Å². The molecule has 14 nitrogen and oxygen atoms in total. The molecule has 4 aliphatic rings. The number of fused-ring (bicyclic) bond motifs is 3. The van der Waals surface area contributed by atoms with E-state index in [2.05, 4.69) is 20.7 Å². The number of ether oxygens (including phenoxy) is 2. The third-order valence-corrected chi connectivity index (χ3v) is 15.0. The number of rotatable bonds is 11.